The minimum atomic E-state index is -0.544. The summed E-state index contributed by atoms with van der Waals surface area (Å²) in [5.41, 5.74) is 1.53. The van der Waals surface area contributed by atoms with Gasteiger partial charge < -0.3 is 4.74 Å². The van der Waals surface area contributed by atoms with Crippen LogP contribution < -0.4 is 0 Å². The molecule has 21 heavy (non-hydrogen) atoms. The van der Waals surface area contributed by atoms with Crippen LogP contribution in [-0.4, -0.2) is 33.0 Å². The second-order valence-electron chi connectivity index (χ2n) is 4.31. The van der Waals surface area contributed by atoms with Gasteiger partial charge in [0, 0.05) is 12.1 Å². The largest absolute Gasteiger partial charge is 0.464 e. The summed E-state index contributed by atoms with van der Waals surface area (Å²) in [6, 6.07) is 6.26. The Morgan fingerprint density at radius 3 is 2.86 bits per heavy atom. The van der Waals surface area contributed by atoms with E-state index in [0.717, 1.165) is 0 Å². The fraction of sp³-hybridized carbons (Fsp3) is 0.308. The van der Waals surface area contributed by atoms with Gasteiger partial charge in [-0.15, -0.1) is 5.10 Å². The van der Waals surface area contributed by atoms with Crippen molar-refractivity contribution in [2.45, 2.75) is 19.9 Å². The molecule has 2 aromatic rings. The zero-order valence-electron chi connectivity index (χ0n) is 11.6. The van der Waals surface area contributed by atoms with Gasteiger partial charge >= 0.3 is 5.97 Å². The van der Waals surface area contributed by atoms with Crippen molar-refractivity contribution >= 4 is 11.7 Å². The third kappa shape index (κ3) is 3.04. The van der Waals surface area contributed by atoms with Crippen LogP contribution in [-0.2, 0) is 17.7 Å². The lowest BCUT2D eigenvalue weighted by Gasteiger charge is -2.05. The molecule has 0 saturated carbocycles. The topological polar surface area (TPSA) is 100 Å². The van der Waals surface area contributed by atoms with Crippen molar-refractivity contribution < 1.29 is 14.5 Å². The number of hydrogen-bond donors (Lipinski definition) is 0. The van der Waals surface area contributed by atoms with Crippen LogP contribution in [0, 0.1) is 10.1 Å². The number of carbonyl (C=O) groups is 1. The number of benzene rings is 1. The van der Waals surface area contributed by atoms with Gasteiger partial charge in [-0.05, 0) is 12.0 Å². The Kier molecular flexibility index (Phi) is 4.27. The molecular formula is C13H14N4O4. The van der Waals surface area contributed by atoms with Crippen LogP contribution in [0.5, 0.6) is 0 Å². The Morgan fingerprint density at radius 1 is 1.48 bits per heavy atom. The maximum atomic E-state index is 11.6. The van der Waals surface area contributed by atoms with E-state index in [9.17, 15) is 14.9 Å². The third-order valence-corrected chi connectivity index (χ3v) is 3.00. The number of methoxy groups -OCH3 is 1. The Bertz CT molecular complexity index is 681. The number of nitro benzene ring substituents is 1. The fourth-order valence-corrected chi connectivity index (χ4v) is 2.01. The Balaban J connectivity index is 2.31. The average Bonchev–Trinajstić information content (AvgIpc) is 2.89. The quantitative estimate of drug-likeness (QED) is 0.471. The van der Waals surface area contributed by atoms with Crippen LogP contribution >= 0.6 is 0 Å². The van der Waals surface area contributed by atoms with Crippen LogP contribution in [0.2, 0.25) is 0 Å². The van der Waals surface area contributed by atoms with Crippen LogP contribution in [0.1, 0.15) is 28.7 Å². The SMILES string of the molecule is CCc1c(C(=O)OC)nnn1Cc1cccc([N+](=O)[O-])c1. The molecule has 0 aliphatic rings. The number of carbonyl (C=O) groups excluding carboxylic acids is 1. The lowest BCUT2D eigenvalue weighted by molar-refractivity contribution is -0.384. The highest BCUT2D eigenvalue weighted by molar-refractivity contribution is 5.88. The van der Waals surface area contributed by atoms with Crippen molar-refractivity contribution in [3.63, 3.8) is 0 Å². The maximum absolute atomic E-state index is 11.6. The van der Waals surface area contributed by atoms with Gasteiger partial charge in [0.05, 0.1) is 24.3 Å². The fourth-order valence-electron chi connectivity index (χ4n) is 2.01. The summed E-state index contributed by atoms with van der Waals surface area (Å²) in [6.45, 7) is 2.17. The van der Waals surface area contributed by atoms with Crippen molar-refractivity contribution in [2.24, 2.45) is 0 Å². The van der Waals surface area contributed by atoms with Gasteiger partial charge in [-0.1, -0.05) is 24.3 Å². The number of nitro groups is 1. The molecule has 0 aliphatic heterocycles. The highest BCUT2D eigenvalue weighted by Crippen LogP contribution is 2.16. The van der Waals surface area contributed by atoms with Gasteiger partial charge in [0.1, 0.15) is 0 Å². The number of esters is 1. The summed E-state index contributed by atoms with van der Waals surface area (Å²) in [7, 11) is 1.28. The highest BCUT2D eigenvalue weighted by atomic mass is 16.6. The lowest BCUT2D eigenvalue weighted by atomic mass is 10.2. The molecule has 0 fully saturated rings. The van der Waals surface area contributed by atoms with Crippen LogP contribution in [0.25, 0.3) is 0 Å². The number of aromatic nitrogens is 3. The summed E-state index contributed by atoms with van der Waals surface area (Å²) in [6.07, 6.45) is 0.548. The summed E-state index contributed by atoms with van der Waals surface area (Å²) in [5.74, 6) is -0.544. The van der Waals surface area contributed by atoms with Crippen LogP contribution in [0.4, 0.5) is 5.69 Å². The number of non-ortho nitro benzene ring substituents is 1. The number of hydrogen-bond acceptors (Lipinski definition) is 6. The summed E-state index contributed by atoms with van der Waals surface area (Å²) in [5, 5.41) is 18.5. The third-order valence-electron chi connectivity index (χ3n) is 3.00. The van der Waals surface area contributed by atoms with E-state index in [1.165, 1.54) is 19.2 Å². The molecule has 0 spiro atoms. The predicted molar refractivity (Wildman–Crippen MR) is 72.9 cm³/mol. The van der Waals surface area contributed by atoms with Crippen LogP contribution in [0.15, 0.2) is 24.3 Å². The lowest BCUT2D eigenvalue weighted by Crippen LogP contribution is -2.10. The molecule has 1 aromatic heterocycles. The zero-order chi connectivity index (χ0) is 15.4. The standard InChI is InChI=1S/C13H14N4O4/c1-3-11-12(13(18)21-2)14-15-16(11)8-9-5-4-6-10(7-9)17(19)20/h4-7H,3,8H2,1-2H3. The van der Waals surface area contributed by atoms with E-state index >= 15 is 0 Å². The minimum Gasteiger partial charge on any atom is -0.464 e. The normalized spacial score (nSPS) is 10.4. The van der Waals surface area contributed by atoms with Crippen molar-refractivity contribution in [3.8, 4) is 0 Å². The molecule has 0 atom stereocenters. The van der Waals surface area contributed by atoms with E-state index in [1.54, 1.807) is 16.8 Å². The van der Waals surface area contributed by atoms with Gasteiger partial charge in [-0.2, -0.15) is 0 Å². The van der Waals surface area contributed by atoms with E-state index in [1.807, 2.05) is 6.92 Å². The maximum Gasteiger partial charge on any atom is 0.360 e. The van der Waals surface area contributed by atoms with Gasteiger partial charge in [0.2, 0.25) is 0 Å². The summed E-state index contributed by atoms with van der Waals surface area (Å²) < 4.78 is 6.20. The number of nitrogens with zero attached hydrogens (tertiary/aromatic N) is 4. The van der Waals surface area contributed by atoms with E-state index < -0.39 is 10.9 Å². The minimum absolute atomic E-state index is 0.0128. The van der Waals surface area contributed by atoms with Gasteiger partial charge in [0.15, 0.2) is 5.69 Å². The van der Waals surface area contributed by atoms with Crippen molar-refractivity contribution in [1.82, 2.24) is 15.0 Å². The number of rotatable bonds is 5. The molecule has 0 saturated heterocycles. The van der Waals surface area contributed by atoms with Gasteiger partial charge in [0.25, 0.3) is 5.69 Å². The van der Waals surface area contributed by atoms with Crippen molar-refractivity contribution in [1.29, 1.82) is 0 Å². The molecule has 8 heteroatoms. The highest BCUT2D eigenvalue weighted by Gasteiger charge is 2.19. The summed E-state index contributed by atoms with van der Waals surface area (Å²) >= 11 is 0. The first-order chi connectivity index (χ1) is 10.1. The molecule has 8 nitrogen and oxygen atoms in total. The Hall–Kier alpha value is -2.77. The van der Waals surface area contributed by atoms with Crippen molar-refractivity contribution in [3.05, 3.63) is 51.3 Å². The first kappa shape index (κ1) is 14.6. The Morgan fingerprint density at radius 2 is 2.24 bits per heavy atom. The van der Waals surface area contributed by atoms with E-state index in [4.69, 9.17) is 0 Å². The number of ether oxygens (including phenoxy) is 1. The van der Waals surface area contributed by atoms with E-state index in [0.29, 0.717) is 24.2 Å². The smallest absolute Gasteiger partial charge is 0.360 e. The Labute approximate surface area is 120 Å². The van der Waals surface area contributed by atoms with Gasteiger partial charge in [-0.25, -0.2) is 9.48 Å². The van der Waals surface area contributed by atoms with Crippen LogP contribution in [0.3, 0.4) is 0 Å². The molecule has 1 aromatic carbocycles. The molecule has 0 radical (unpaired) electrons. The second-order valence-corrected chi connectivity index (χ2v) is 4.31. The van der Waals surface area contributed by atoms with E-state index in [2.05, 4.69) is 15.0 Å². The molecule has 0 bridgehead atoms. The summed E-state index contributed by atoms with van der Waals surface area (Å²) in [4.78, 5) is 21.9. The predicted octanol–water partition coefficient (Wildman–Crippen LogP) is 1.58. The molecular weight excluding hydrogens is 276 g/mol. The zero-order valence-corrected chi connectivity index (χ0v) is 11.6. The molecule has 2 rings (SSSR count). The van der Waals surface area contributed by atoms with Gasteiger partial charge in [-0.3, -0.25) is 10.1 Å². The molecule has 110 valence electrons. The molecule has 0 amide bonds. The molecule has 0 unspecified atom stereocenters. The average molecular weight is 290 g/mol. The molecule has 0 aliphatic carbocycles. The molecule has 0 N–H and O–H groups in total. The first-order valence-corrected chi connectivity index (χ1v) is 6.30. The van der Waals surface area contributed by atoms with E-state index in [-0.39, 0.29) is 11.4 Å². The van der Waals surface area contributed by atoms with Crippen molar-refractivity contribution in [2.75, 3.05) is 7.11 Å². The molecule has 1 heterocycles. The second kappa shape index (κ2) is 6.12. The monoisotopic (exact) mass is 290 g/mol. The first-order valence-electron chi connectivity index (χ1n) is 6.30.